The third-order valence-corrected chi connectivity index (χ3v) is 4.11. The van der Waals surface area contributed by atoms with Gasteiger partial charge in [-0.2, -0.15) is 0 Å². The molecule has 1 N–H and O–H groups in total. The highest BCUT2D eigenvalue weighted by Crippen LogP contribution is 2.19. The zero-order valence-corrected chi connectivity index (χ0v) is 13.7. The molecule has 1 aromatic heterocycles. The molecule has 3 rings (SSSR count). The predicted octanol–water partition coefficient (Wildman–Crippen LogP) is 1.29. The molecule has 6 heteroatoms. The van der Waals surface area contributed by atoms with E-state index in [0.717, 1.165) is 18.5 Å². The van der Waals surface area contributed by atoms with Gasteiger partial charge in [0.2, 0.25) is 5.91 Å². The summed E-state index contributed by atoms with van der Waals surface area (Å²) in [6, 6.07) is 7.59. The Hall–Kier alpha value is -1.92. The van der Waals surface area contributed by atoms with Crippen molar-refractivity contribution in [2.45, 2.75) is 25.9 Å². The summed E-state index contributed by atoms with van der Waals surface area (Å²) in [5.41, 5.74) is 0.709. The maximum absolute atomic E-state index is 12.5. The van der Waals surface area contributed by atoms with Crippen molar-refractivity contribution in [1.82, 2.24) is 15.0 Å². The molecule has 1 aromatic carbocycles. The summed E-state index contributed by atoms with van der Waals surface area (Å²) >= 11 is 0. The zero-order chi connectivity index (χ0) is 16.4. The Kier molecular flexibility index (Phi) is 4.37. The molecule has 1 aliphatic heterocycles. The van der Waals surface area contributed by atoms with Gasteiger partial charge in [0.15, 0.2) is 5.58 Å². The fraction of sp³-hybridized carbons (Fsp3) is 0.529. The van der Waals surface area contributed by atoms with Crippen molar-refractivity contribution in [2.24, 2.45) is 0 Å². The van der Waals surface area contributed by atoms with Crippen LogP contribution in [-0.2, 0) is 11.2 Å². The Bertz CT molecular complexity index is 682. The lowest BCUT2D eigenvalue weighted by atomic mass is 10.1. The van der Waals surface area contributed by atoms with Crippen LogP contribution < -0.4 is 0 Å². The Morgan fingerprint density at radius 2 is 1.96 bits per heavy atom. The summed E-state index contributed by atoms with van der Waals surface area (Å²) in [5.74, 6) is 0.0759. The van der Waals surface area contributed by atoms with Crippen molar-refractivity contribution >= 4 is 16.9 Å². The van der Waals surface area contributed by atoms with Gasteiger partial charge in [0.1, 0.15) is 5.69 Å². The smallest absolute Gasteiger partial charge is 0.228 e. The van der Waals surface area contributed by atoms with Crippen LogP contribution in [0.2, 0.25) is 0 Å². The summed E-state index contributed by atoms with van der Waals surface area (Å²) in [7, 11) is 0. The standard InChI is InChI=1S/C17H23N3O3/c1-17(2,22)12-19-7-9-20(10-8-19)16(21)11-14-13-5-3-4-6-15(13)23-18-14/h3-6,22H,7-12H2,1-2H3. The van der Waals surface area contributed by atoms with E-state index in [2.05, 4.69) is 10.1 Å². The molecule has 0 unspecified atom stereocenters. The van der Waals surface area contributed by atoms with E-state index in [0.29, 0.717) is 30.9 Å². The molecule has 0 spiro atoms. The maximum atomic E-state index is 12.5. The zero-order valence-electron chi connectivity index (χ0n) is 13.7. The van der Waals surface area contributed by atoms with E-state index in [4.69, 9.17) is 4.52 Å². The number of β-amino-alcohol motifs (C(OH)–C–C–N with tert-alkyl or cyclic N) is 1. The first kappa shape index (κ1) is 16.0. The molecular weight excluding hydrogens is 294 g/mol. The first-order valence-corrected chi connectivity index (χ1v) is 7.98. The van der Waals surface area contributed by atoms with Gasteiger partial charge in [0.25, 0.3) is 0 Å². The van der Waals surface area contributed by atoms with Gasteiger partial charge >= 0.3 is 0 Å². The topological polar surface area (TPSA) is 69.8 Å². The number of rotatable bonds is 4. The van der Waals surface area contributed by atoms with Crippen LogP contribution in [0.1, 0.15) is 19.5 Å². The number of aromatic nitrogens is 1. The second kappa shape index (κ2) is 6.29. The van der Waals surface area contributed by atoms with E-state index in [-0.39, 0.29) is 12.3 Å². The maximum Gasteiger partial charge on any atom is 0.228 e. The minimum Gasteiger partial charge on any atom is -0.389 e. The van der Waals surface area contributed by atoms with Crippen LogP contribution in [0.15, 0.2) is 28.8 Å². The number of para-hydroxylation sites is 1. The highest BCUT2D eigenvalue weighted by atomic mass is 16.5. The number of aliphatic hydroxyl groups is 1. The molecule has 0 atom stereocenters. The average Bonchev–Trinajstić information content (AvgIpc) is 2.90. The molecule has 1 fully saturated rings. The first-order chi connectivity index (χ1) is 10.9. The van der Waals surface area contributed by atoms with Crippen molar-refractivity contribution in [2.75, 3.05) is 32.7 Å². The number of benzene rings is 1. The van der Waals surface area contributed by atoms with Gasteiger partial charge in [-0.3, -0.25) is 9.69 Å². The van der Waals surface area contributed by atoms with Gasteiger partial charge in [-0.1, -0.05) is 17.3 Å². The molecule has 0 radical (unpaired) electrons. The van der Waals surface area contributed by atoms with Crippen LogP contribution >= 0.6 is 0 Å². The molecule has 0 saturated carbocycles. The number of hydrogen-bond donors (Lipinski definition) is 1. The molecule has 0 aliphatic carbocycles. The monoisotopic (exact) mass is 317 g/mol. The highest BCUT2D eigenvalue weighted by molar-refractivity contribution is 5.86. The molecule has 2 heterocycles. The highest BCUT2D eigenvalue weighted by Gasteiger charge is 2.25. The van der Waals surface area contributed by atoms with Crippen LogP contribution in [0.3, 0.4) is 0 Å². The van der Waals surface area contributed by atoms with Gasteiger partial charge in [-0.15, -0.1) is 0 Å². The fourth-order valence-corrected chi connectivity index (χ4v) is 3.02. The lowest BCUT2D eigenvalue weighted by Crippen LogP contribution is -2.52. The quantitative estimate of drug-likeness (QED) is 0.920. The fourth-order valence-electron chi connectivity index (χ4n) is 3.02. The summed E-state index contributed by atoms with van der Waals surface area (Å²) in [6.07, 6.45) is 0.266. The van der Waals surface area contributed by atoms with Crippen LogP contribution in [0.25, 0.3) is 11.0 Å². The van der Waals surface area contributed by atoms with Gasteiger partial charge in [0, 0.05) is 38.1 Å². The second-order valence-electron chi connectivity index (χ2n) is 6.77. The van der Waals surface area contributed by atoms with Crippen molar-refractivity contribution in [3.8, 4) is 0 Å². The Morgan fingerprint density at radius 1 is 1.26 bits per heavy atom. The number of hydrogen-bond acceptors (Lipinski definition) is 5. The molecular formula is C17H23N3O3. The Labute approximate surface area is 135 Å². The third-order valence-electron chi connectivity index (χ3n) is 4.11. The molecule has 1 aliphatic rings. The largest absolute Gasteiger partial charge is 0.389 e. The number of fused-ring (bicyclic) bond motifs is 1. The van der Waals surface area contributed by atoms with Crippen LogP contribution in [0, 0.1) is 0 Å². The predicted molar refractivity (Wildman–Crippen MR) is 87.0 cm³/mol. The van der Waals surface area contributed by atoms with E-state index in [1.54, 1.807) is 13.8 Å². The normalized spacial score (nSPS) is 16.9. The van der Waals surface area contributed by atoms with E-state index >= 15 is 0 Å². The second-order valence-corrected chi connectivity index (χ2v) is 6.77. The van der Waals surface area contributed by atoms with Crippen LogP contribution in [0.4, 0.5) is 0 Å². The minimum absolute atomic E-state index is 0.0759. The van der Waals surface area contributed by atoms with Gasteiger partial charge in [-0.25, -0.2) is 0 Å². The number of nitrogens with zero attached hydrogens (tertiary/aromatic N) is 3. The number of amides is 1. The van der Waals surface area contributed by atoms with Crippen molar-refractivity contribution in [3.05, 3.63) is 30.0 Å². The molecule has 0 bridgehead atoms. The molecule has 23 heavy (non-hydrogen) atoms. The van der Waals surface area contributed by atoms with Crippen molar-refractivity contribution in [3.63, 3.8) is 0 Å². The van der Waals surface area contributed by atoms with E-state index < -0.39 is 5.60 Å². The Morgan fingerprint density at radius 3 is 2.65 bits per heavy atom. The van der Waals surface area contributed by atoms with Crippen LogP contribution in [0.5, 0.6) is 0 Å². The number of carbonyl (C=O) groups excluding carboxylic acids is 1. The summed E-state index contributed by atoms with van der Waals surface area (Å²) < 4.78 is 5.25. The van der Waals surface area contributed by atoms with Gasteiger partial charge in [0.05, 0.1) is 12.0 Å². The molecule has 6 nitrogen and oxygen atoms in total. The Balaban J connectivity index is 1.58. The van der Waals surface area contributed by atoms with Crippen molar-refractivity contribution < 1.29 is 14.4 Å². The van der Waals surface area contributed by atoms with Gasteiger partial charge < -0.3 is 14.5 Å². The molecule has 2 aromatic rings. The van der Waals surface area contributed by atoms with E-state index in [1.807, 2.05) is 29.2 Å². The molecule has 1 amide bonds. The van der Waals surface area contributed by atoms with E-state index in [1.165, 1.54) is 0 Å². The minimum atomic E-state index is -0.703. The first-order valence-electron chi connectivity index (χ1n) is 7.98. The summed E-state index contributed by atoms with van der Waals surface area (Å²) in [4.78, 5) is 16.5. The molecule has 124 valence electrons. The SMILES string of the molecule is CC(C)(O)CN1CCN(C(=O)Cc2noc3ccccc23)CC1. The average molecular weight is 317 g/mol. The van der Waals surface area contributed by atoms with Crippen LogP contribution in [-0.4, -0.2) is 64.3 Å². The summed E-state index contributed by atoms with van der Waals surface area (Å²) in [6.45, 7) is 7.18. The number of carbonyl (C=O) groups is 1. The van der Waals surface area contributed by atoms with Crippen molar-refractivity contribution in [1.29, 1.82) is 0 Å². The third kappa shape index (κ3) is 3.89. The summed E-state index contributed by atoms with van der Waals surface area (Å²) in [5, 5.41) is 14.8. The lowest BCUT2D eigenvalue weighted by Gasteiger charge is -2.37. The molecule has 1 saturated heterocycles. The lowest BCUT2D eigenvalue weighted by molar-refractivity contribution is -0.132. The van der Waals surface area contributed by atoms with E-state index in [9.17, 15) is 9.90 Å². The number of piperazine rings is 1. The van der Waals surface area contributed by atoms with Gasteiger partial charge in [-0.05, 0) is 26.0 Å².